The molecule has 0 bridgehead atoms. The van der Waals surface area contributed by atoms with Gasteiger partial charge in [0, 0.05) is 38.4 Å². The van der Waals surface area contributed by atoms with Gasteiger partial charge in [-0.05, 0) is 50.5 Å². The minimum Gasteiger partial charge on any atom is -0.382 e. The lowest BCUT2D eigenvalue weighted by molar-refractivity contribution is -0.117. The van der Waals surface area contributed by atoms with Gasteiger partial charge in [-0.25, -0.2) is 13.1 Å². The molecule has 0 unspecified atom stereocenters. The van der Waals surface area contributed by atoms with Crippen LogP contribution >= 0.6 is 0 Å². The fraction of sp³-hybridized carbons (Fsp3) is 0.562. The van der Waals surface area contributed by atoms with E-state index in [4.69, 9.17) is 4.74 Å². The molecule has 0 aromatic heterocycles. The zero-order chi connectivity index (χ0) is 16.9. The van der Waals surface area contributed by atoms with Gasteiger partial charge >= 0.3 is 0 Å². The number of aryl methyl sites for hydroxylation is 1. The van der Waals surface area contributed by atoms with Crippen molar-refractivity contribution in [3.8, 4) is 0 Å². The van der Waals surface area contributed by atoms with Crippen LogP contribution in [0.2, 0.25) is 0 Å². The van der Waals surface area contributed by atoms with Crippen molar-refractivity contribution in [1.82, 2.24) is 4.72 Å². The highest BCUT2D eigenvalue weighted by Crippen LogP contribution is 2.27. The summed E-state index contributed by atoms with van der Waals surface area (Å²) in [7, 11) is -3.53. The summed E-state index contributed by atoms with van der Waals surface area (Å²) in [4.78, 5) is 13.8. The maximum absolute atomic E-state index is 12.3. The van der Waals surface area contributed by atoms with Crippen molar-refractivity contribution in [2.75, 3.05) is 31.2 Å². The molecule has 1 saturated heterocycles. The highest BCUT2D eigenvalue weighted by molar-refractivity contribution is 7.89. The average molecular weight is 340 g/mol. The highest BCUT2D eigenvalue weighted by Gasteiger charge is 2.24. The van der Waals surface area contributed by atoms with E-state index in [1.807, 2.05) is 13.8 Å². The number of nitrogens with zero attached hydrogens (tertiary/aromatic N) is 1. The molecule has 1 N–H and O–H groups in total. The molecule has 2 rings (SSSR count). The number of anilines is 1. The molecule has 1 amide bonds. The van der Waals surface area contributed by atoms with Crippen LogP contribution in [0.5, 0.6) is 0 Å². The summed E-state index contributed by atoms with van der Waals surface area (Å²) >= 11 is 0. The molecule has 0 spiro atoms. The van der Waals surface area contributed by atoms with Crippen LogP contribution in [-0.2, 0) is 19.6 Å². The Hall–Kier alpha value is -1.44. The largest absolute Gasteiger partial charge is 0.382 e. The number of hydrogen-bond donors (Lipinski definition) is 1. The number of carbonyl (C=O) groups is 1. The van der Waals surface area contributed by atoms with Crippen LogP contribution in [0.25, 0.3) is 0 Å². The predicted molar refractivity (Wildman–Crippen MR) is 89.1 cm³/mol. The minimum atomic E-state index is -3.53. The van der Waals surface area contributed by atoms with E-state index in [9.17, 15) is 13.2 Å². The van der Waals surface area contributed by atoms with E-state index in [1.54, 1.807) is 23.1 Å². The normalized spacial score (nSPS) is 15.4. The van der Waals surface area contributed by atoms with E-state index in [-0.39, 0.29) is 10.8 Å². The maximum atomic E-state index is 12.3. The van der Waals surface area contributed by atoms with Crippen LogP contribution in [-0.4, -0.2) is 40.6 Å². The molecule has 1 aliphatic heterocycles. The third kappa shape index (κ3) is 4.53. The van der Waals surface area contributed by atoms with Crippen LogP contribution in [0.3, 0.4) is 0 Å². The molecule has 1 aromatic rings. The molecular weight excluding hydrogens is 316 g/mol. The smallest absolute Gasteiger partial charge is 0.240 e. The Morgan fingerprint density at radius 1 is 1.35 bits per heavy atom. The summed E-state index contributed by atoms with van der Waals surface area (Å²) in [6.07, 6.45) is 2.03. The van der Waals surface area contributed by atoms with Crippen LogP contribution in [0, 0.1) is 6.92 Å². The summed E-state index contributed by atoms with van der Waals surface area (Å²) in [5, 5.41) is 0. The molecule has 1 fully saturated rings. The van der Waals surface area contributed by atoms with E-state index >= 15 is 0 Å². The quantitative estimate of drug-likeness (QED) is 0.733. The van der Waals surface area contributed by atoms with Gasteiger partial charge in [0.05, 0.1) is 4.90 Å². The zero-order valence-electron chi connectivity index (χ0n) is 13.7. The van der Waals surface area contributed by atoms with Gasteiger partial charge in [0.1, 0.15) is 0 Å². The van der Waals surface area contributed by atoms with Crippen LogP contribution in [0.15, 0.2) is 23.1 Å². The lowest BCUT2D eigenvalue weighted by Crippen LogP contribution is -2.27. The number of hydrogen-bond acceptors (Lipinski definition) is 4. The number of carbonyl (C=O) groups excluding carboxylic acids is 1. The fourth-order valence-electron chi connectivity index (χ4n) is 2.61. The molecule has 23 heavy (non-hydrogen) atoms. The lowest BCUT2D eigenvalue weighted by Gasteiger charge is -2.19. The van der Waals surface area contributed by atoms with Crippen molar-refractivity contribution in [3.63, 3.8) is 0 Å². The number of sulfonamides is 1. The third-order valence-corrected chi connectivity index (χ3v) is 5.26. The van der Waals surface area contributed by atoms with Crippen molar-refractivity contribution in [1.29, 1.82) is 0 Å². The van der Waals surface area contributed by atoms with Gasteiger partial charge in [0.15, 0.2) is 0 Å². The second kappa shape index (κ2) is 7.90. The first-order valence-corrected chi connectivity index (χ1v) is 9.42. The van der Waals surface area contributed by atoms with E-state index < -0.39 is 10.0 Å². The Morgan fingerprint density at radius 3 is 2.74 bits per heavy atom. The van der Waals surface area contributed by atoms with Gasteiger partial charge in [-0.1, -0.05) is 0 Å². The first-order valence-electron chi connectivity index (χ1n) is 7.94. The van der Waals surface area contributed by atoms with Gasteiger partial charge < -0.3 is 9.64 Å². The summed E-state index contributed by atoms with van der Waals surface area (Å²) in [5.74, 6) is 0.0951. The third-order valence-electron chi connectivity index (χ3n) is 3.80. The Morgan fingerprint density at radius 2 is 2.13 bits per heavy atom. The number of nitrogens with one attached hydrogen (secondary N) is 1. The van der Waals surface area contributed by atoms with Gasteiger partial charge in [-0.3, -0.25) is 4.79 Å². The molecule has 0 radical (unpaired) electrons. The summed E-state index contributed by atoms with van der Waals surface area (Å²) in [6.45, 7) is 5.93. The maximum Gasteiger partial charge on any atom is 0.240 e. The SMILES string of the molecule is CCOCCCNS(=O)(=O)c1ccc(N2CCCC2=O)c(C)c1. The number of ether oxygens (including phenoxy) is 1. The molecule has 0 saturated carbocycles. The fourth-order valence-corrected chi connectivity index (χ4v) is 3.77. The van der Waals surface area contributed by atoms with Crippen molar-refractivity contribution < 1.29 is 17.9 Å². The number of benzene rings is 1. The van der Waals surface area contributed by atoms with Gasteiger partial charge in [-0.2, -0.15) is 0 Å². The molecule has 1 heterocycles. The Balaban J connectivity index is 2.05. The van der Waals surface area contributed by atoms with E-state index in [1.165, 1.54) is 0 Å². The second-order valence-electron chi connectivity index (χ2n) is 5.55. The molecule has 0 aliphatic carbocycles. The van der Waals surface area contributed by atoms with Crippen molar-refractivity contribution in [2.24, 2.45) is 0 Å². The zero-order valence-corrected chi connectivity index (χ0v) is 14.5. The molecule has 0 atom stereocenters. The van der Waals surface area contributed by atoms with Crippen LogP contribution < -0.4 is 9.62 Å². The van der Waals surface area contributed by atoms with Gasteiger partial charge in [0.25, 0.3) is 0 Å². The van der Waals surface area contributed by atoms with Gasteiger partial charge in [0.2, 0.25) is 15.9 Å². The predicted octanol–water partition coefficient (Wildman–Crippen LogP) is 1.83. The van der Waals surface area contributed by atoms with Crippen molar-refractivity contribution in [2.45, 2.75) is 38.0 Å². The van der Waals surface area contributed by atoms with Crippen molar-refractivity contribution >= 4 is 21.6 Å². The Bertz CT molecular complexity index is 658. The van der Waals surface area contributed by atoms with Crippen LogP contribution in [0.4, 0.5) is 5.69 Å². The first kappa shape index (κ1) is 17.9. The highest BCUT2D eigenvalue weighted by atomic mass is 32.2. The molecule has 1 aliphatic rings. The molecular formula is C16H24N2O4S. The molecule has 128 valence electrons. The Kier molecular flexibility index (Phi) is 6.15. The summed E-state index contributed by atoms with van der Waals surface area (Å²) in [5.41, 5.74) is 1.58. The summed E-state index contributed by atoms with van der Waals surface area (Å²) < 4.78 is 32.3. The van der Waals surface area contributed by atoms with E-state index in [2.05, 4.69) is 4.72 Å². The number of amides is 1. The lowest BCUT2D eigenvalue weighted by atomic mass is 10.2. The van der Waals surface area contributed by atoms with Crippen LogP contribution in [0.1, 0.15) is 31.7 Å². The van der Waals surface area contributed by atoms with E-state index in [0.717, 1.165) is 17.7 Å². The summed E-state index contributed by atoms with van der Waals surface area (Å²) in [6, 6.07) is 4.89. The topological polar surface area (TPSA) is 75.7 Å². The average Bonchev–Trinajstić information content (AvgIpc) is 2.93. The minimum absolute atomic E-state index is 0.0951. The number of rotatable bonds is 8. The van der Waals surface area contributed by atoms with Gasteiger partial charge in [-0.15, -0.1) is 0 Å². The van der Waals surface area contributed by atoms with Crippen molar-refractivity contribution in [3.05, 3.63) is 23.8 Å². The molecule has 1 aromatic carbocycles. The second-order valence-corrected chi connectivity index (χ2v) is 7.31. The molecule has 7 heteroatoms. The molecule has 6 nitrogen and oxygen atoms in total. The monoisotopic (exact) mass is 340 g/mol. The standard InChI is InChI=1S/C16H24N2O4S/c1-3-22-11-5-9-17-23(20,21)14-7-8-15(13(2)12-14)18-10-4-6-16(18)19/h7-8,12,17H,3-6,9-11H2,1-2H3. The Labute approximate surface area is 137 Å². The first-order chi connectivity index (χ1) is 11.0. The van der Waals surface area contributed by atoms with E-state index in [0.29, 0.717) is 39.1 Å².